The van der Waals surface area contributed by atoms with Gasteiger partial charge in [-0.3, -0.25) is 4.79 Å². The van der Waals surface area contributed by atoms with Crippen molar-refractivity contribution in [2.75, 3.05) is 11.9 Å². The van der Waals surface area contributed by atoms with Crippen LogP contribution in [0, 0.1) is 13.8 Å². The summed E-state index contributed by atoms with van der Waals surface area (Å²) in [5, 5.41) is 2.85. The number of rotatable bonds is 6. The second-order valence-electron chi connectivity index (χ2n) is 4.91. The number of ether oxygens (including phenoxy) is 1. The van der Waals surface area contributed by atoms with E-state index in [0.717, 1.165) is 42.0 Å². The van der Waals surface area contributed by atoms with Crippen LogP contribution in [0.4, 0.5) is 5.69 Å². The van der Waals surface area contributed by atoms with E-state index in [9.17, 15) is 4.79 Å². The third-order valence-corrected chi connectivity index (χ3v) is 2.93. The maximum absolute atomic E-state index is 11.6. The molecule has 0 fully saturated rings. The first-order valence-corrected chi connectivity index (χ1v) is 6.76. The molecule has 1 rings (SSSR count). The van der Waals surface area contributed by atoms with Crippen LogP contribution in [0.1, 0.15) is 37.8 Å². The highest BCUT2D eigenvalue weighted by molar-refractivity contribution is 5.95. The Morgan fingerprint density at radius 2 is 1.90 bits per heavy atom. The van der Waals surface area contributed by atoms with Crippen LogP contribution in [0.3, 0.4) is 0 Å². The van der Waals surface area contributed by atoms with Gasteiger partial charge in [-0.05, 0) is 50.5 Å². The number of anilines is 1. The zero-order valence-electron chi connectivity index (χ0n) is 12.7. The van der Waals surface area contributed by atoms with Crippen molar-refractivity contribution in [2.45, 2.75) is 46.6 Å². The molecule has 0 aliphatic heterocycles. The molecule has 4 nitrogen and oxygen atoms in total. The van der Waals surface area contributed by atoms with Crippen molar-refractivity contribution in [3.05, 3.63) is 23.3 Å². The maximum atomic E-state index is 11.6. The van der Waals surface area contributed by atoms with Gasteiger partial charge in [-0.25, -0.2) is 0 Å². The second-order valence-corrected chi connectivity index (χ2v) is 4.91. The van der Waals surface area contributed by atoms with Gasteiger partial charge in [0.25, 0.3) is 0 Å². The molecule has 0 radical (unpaired) electrons. The average Bonchev–Trinajstić information content (AvgIpc) is 2.33. The van der Waals surface area contributed by atoms with E-state index in [0.29, 0.717) is 0 Å². The largest absolute Gasteiger partial charge is 0.494 e. The summed E-state index contributed by atoms with van der Waals surface area (Å²) in [6, 6.07) is 3.37. The molecule has 20 heavy (non-hydrogen) atoms. The number of nitrogens with one attached hydrogen (secondary N) is 1. The Kier molecular flexibility index (Phi) is 8.26. The average molecular weight is 301 g/mol. The lowest BCUT2D eigenvalue weighted by atomic mass is 10.1. The monoisotopic (exact) mass is 300 g/mol. The van der Waals surface area contributed by atoms with E-state index in [1.807, 2.05) is 26.0 Å². The fraction of sp³-hybridized carbons (Fsp3) is 0.533. The second kappa shape index (κ2) is 8.82. The number of carbonyl (C=O) groups is 1. The number of hydrogen-bond donors (Lipinski definition) is 2. The summed E-state index contributed by atoms with van der Waals surface area (Å²) in [5.41, 5.74) is 8.36. The van der Waals surface area contributed by atoms with E-state index >= 15 is 0 Å². The van der Waals surface area contributed by atoms with Crippen molar-refractivity contribution < 1.29 is 9.53 Å². The fourth-order valence-electron chi connectivity index (χ4n) is 1.78. The SMILES string of the molecule is CCCCOc1cc(C)c(NC(=O)C(C)N)c(C)c1.Cl. The van der Waals surface area contributed by atoms with Gasteiger partial charge < -0.3 is 15.8 Å². The highest BCUT2D eigenvalue weighted by atomic mass is 35.5. The zero-order chi connectivity index (χ0) is 14.4. The number of amides is 1. The van der Waals surface area contributed by atoms with Crippen LogP contribution in [0.25, 0.3) is 0 Å². The minimum absolute atomic E-state index is 0. The number of unbranched alkanes of at least 4 members (excludes halogenated alkanes) is 1. The first kappa shape index (κ1) is 18.7. The molecule has 0 heterocycles. The normalized spacial score (nSPS) is 11.4. The molecule has 114 valence electrons. The van der Waals surface area contributed by atoms with Gasteiger partial charge >= 0.3 is 0 Å². The molecule has 0 aliphatic rings. The Balaban J connectivity index is 0.00000361. The standard InChI is InChI=1S/C15H24N2O2.ClH/c1-5-6-7-19-13-8-10(2)14(11(3)9-13)17-15(18)12(4)16;/h8-9,12H,5-7,16H2,1-4H3,(H,17,18);1H. The predicted molar refractivity (Wildman–Crippen MR) is 85.8 cm³/mol. The minimum atomic E-state index is -0.515. The lowest BCUT2D eigenvalue weighted by Gasteiger charge is -2.15. The summed E-state index contributed by atoms with van der Waals surface area (Å²) in [6.07, 6.45) is 2.15. The fourth-order valence-corrected chi connectivity index (χ4v) is 1.78. The molecular formula is C15H25ClN2O2. The minimum Gasteiger partial charge on any atom is -0.494 e. The van der Waals surface area contributed by atoms with Crippen LogP contribution in [-0.2, 0) is 4.79 Å². The topological polar surface area (TPSA) is 64.3 Å². The first-order valence-electron chi connectivity index (χ1n) is 6.76. The molecule has 3 N–H and O–H groups in total. The summed E-state index contributed by atoms with van der Waals surface area (Å²) in [7, 11) is 0. The Hall–Kier alpha value is -1.26. The molecule has 0 aromatic heterocycles. The van der Waals surface area contributed by atoms with Crippen molar-refractivity contribution in [3.8, 4) is 5.75 Å². The van der Waals surface area contributed by atoms with Crippen LogP contribution < -0.4 is 15.8 Å². The number of aryl methyl sites for hydroxylation is 2. The summed E-state index contributed by atoms with van der Waals surface area (Å²) in [4.78, 5) is 11.6. The van der Waals surface area contributed by atoms with Crippen LogP contribution in [0.2, 0.25) is 0 Å². The molecule has 0 spiro atoms. The smallest absolute Gasteiger partial charge is 0.241 e. The molecular weight excluding hydrogens is 276 g/mol. The molecule has 1 amide bonds. The van der Waals surface area contributed by atoms with E-state index in [2.05, 4.69) is 12.2 Å². The first-order chi connectivity index (χ1) is 8.95. The highest BCUT2D eigenvalue weighted by Crippen LogP contribution is 2.26. The Morgan fingerprint density at radius 3 is 2.35 bits per heavy atom. The van der Waals surface area contributed by atoms with Crippen molar-refractivity contribution in [1.29, 1.82) is 0 Å². The van der Waals surface area contributed by atoms with Gasteiger partial charge in [0, 0.05) is 5.69 Å². The molecule has 1 atom stereocenters. The van der Waals surface area contributed by atoms with E-state index in [1.165, 1.54) is 0 Å². The summed E-state index contributed by atoms with van der Waals surface area (Å²) in [6.45, 7) is 8.43. The molecule has 1 unspecified atom stereocenters. The van der Waals surface area contributed by atoms with Gasteiger partial charge in [0.2, 0.25) is 5.91 Å². The van der Waals surface area contributed by atoms with Gasteiger partial charge in [0.1, 0.15) is 5.75 Å². The van der Waals surface area contributed by atoms with Crippen LogP contribution in [0.15, 0.2) is 12.1 Å². The quantitative estimate of drug-likeness (QED) is 0.793. The van der Waals surface area contributed by atoms with Gasteiger partial charge in [0.05, 0.1) is 12.6 Å². The number of halogens is 1. The summed E-state index contributed by atoms with van der Waals surface area (Å²) >= 11 is 0. The van der Waals surface area contributed by atoms with Gasteiger partial charge in [-0.1, -0.05) is 13.3 Å². The molecule has 0 bridgehead atoms. The Labute approximate surface area is 127 Å². The molecule has 0 saturated heterocycles. The van der Waals surface area contributed by atoms with Crippen molar-refractivity contribution >= 4 is 24.0 Å². The molecule has 0 saturated carbocycles. The van der Waals surface area contributed by atoms with Crippen LogP contribution >= 0.6 is 12.4 Å². The van der Waals surface area contributed by atoms with Crippen molar-refractivity contribution in [2.24, 2.45) is 5.73 Å². The maximum Gasteiger partial charge on any atom is 0.241 e. The van der Waals surface area contributed by atoms with Gasteiger partial charge in [0.15, 0.2) is 0 Å². The van der Waals surface area contributed by atoms with Crippen LogP contribution in [-0.4, -0.2) is 18.6 Å². The zero-order valence-corrected chi connectivity index (χ0v) is 13.5. The van der Waals surface area contributed by atoms with Gasteiger partial charge in [-0.15, -0.1) is 12.4 Å². The van der Waals surface area contributed by atoms with Crippen LogP contribution in [0.5, 0.6) is 5.75 Å². The number of nitrogens with two attached hydrogens (primary N) is 1. The Bertz CT molecular complexity index is 424. The Morgan fingerprint density at radius 1 is 1.35 bits per heavy atom. The highest BCUT2D eigenvalue weighted by Gasteiger charge is 2.12. The van der Waals surface area contributed by atoms with Crippen molar-refractivity contribution in [1.82, 2.24) is 0 Å². The number of hydrogen-bond acceptors (Lipinski definition) is 3. The van der Waals surface area contributed by atoms with E-state index in [4.69, 9.17) is 10.5 Å². The third kappa shape index (κ3) is 5.39. The number of benzene rings is 1. The summed E-state index contributed by atoms with van der Waals surface area (Å²) < 4.78 is 5.68. The molecule has 1 aromatic carbocycles. The number of carbonyl (C=O) groups excluding carboxylic acids is 1. The molecule has 0 aliphatic carbocycles. The lowest BCUT2D eigenvalue weighted by molar-refractivity contribution is -0.117. The lowest BCUT2D eigenvalue weighted by Crippen LogP contribution is -2.32. The van der Waals surface area contributed by atoms with E-state index < -0.39 is 6.04 Å². The third-order valence-electron chi connectivity index (χ3n) is 2.93. The van der Waals surface area contributed by atoms with E-state index in [1.54, 1.807) is 6.92 Å². The molecule has 5 heteroatoms. The molecule has 1 aromatic rings. The van der Waals surface area contributed by atoms with Crippen molar-refractivity contribution in [3.63, 3.8) is 0 Å². The summed E-state index contributed by atoms with van der Waals surface area (Å²) in [5.74, 6) is 0.674. The van der Waals surface area contributed by atoms with Gasteiger partial charge in [-0.2, -0.15) is 0 Å². The van der Waals surface area contributed by atoms with E-state index in [-0.39, 0.29) is 18.3 Å². The predicted octanol–water partition coefficient (Wildman–Crippen LogP) is 3.19.